The molecule has 1 rings (SSSR count). The highest BCUT2D eigenvalue weighted by molar-refractivity contribution is 6.17. The summed E-state index contributed by atoms with van der Waals surface area (Å²) < 4.78 is 25.4. The molecule has 0 fully saturated rings. The first-order valence-corrected chi connectivity index (χ1v) is 4.69. The highest BCUT2D eigenvalue weighted by atomic mass is 35.5. The fourth-order valence-electron chi connectivity index (χ4n) is 1.32. The Morgan fingerprint density at radius 3 is 2.56 bits per heavy atom. The number of benzene rings is 1. The molecular weight excluding hydrogens is 240 g/mol. The summed E-state index contributed by atoms with van der Waals surface area (Å²) in [5, 5.41) is 17.5. The number of halogens is 3. The van der Waals surface area contributed by atoms with Crippen molar-refractivity contribution in [1.82, 2.24) is 0 Å². The number of hydrogen-bond acceptors (Lipinski definition) is 2. The van der Waals surface area contributed by atoms with Gasteiger partial charge in [-0.15, -0.1) is 11.6 Å². The molecule has 0 heterocycles. The normalized spacial score (nSPS) is 10.2. The Morgan fingerprint density at radius 1 is 1.56 bits per heavy atom. The highest BCUT2D eigenvalue weighted by Crippen LogP contribution is 2.29. The zero-order valence-electron chi connectivity index (χ0n) is 7.88. The molecule has 0 radical (unpaired) electrons. The van der Waals surface area contributed by atoms with Gasteiger partial charge in [0.15, 0.2) is 0 Å². The van der Waals surface area contributed by atoms with Crippen LogP contribution in [0.15, 0.2) is 12.1 Å². The van der Waals surface area contributed by atoms with Crippen molar-refractivity contribution in [3.05, 3.63) is 34.4 Å². The lowest BCUT2D eigenvalue weighted by Crippen LogP contribution is -2.07. The Morgan fingerprint density at radius 2 is 2.19 bits per heavy atom. The van der Waals surface area contributed by atoms with E-state index in [2.05, 4.69) is 0 Å². The molecule has 0 atom stereocenters. The van der Waals surface area contributed by atoms with Crippen molar-refractivity contribution in [1.29, 1.82) is 5.26 Å². The lowest BCUT2D eigenvalue weighted by molar-refractivity contribution is 0.0684. The van der Waals surface area contributed by atoms with Crippen molar-refractivity contribution in [2.75, 3.05) is 0 Å². The van der Waals surface area contributed by atoms with Crippen LogP contribution >= 0.6 is 11.6 Å². The minimum atomic E-state index is -3.02. The Hall–Kier alpha value is -1.67. The Bertz CT molecular complexity index is 469. The van der Waals surface area contributed by atoms with E-state index in [1.54, 1.807) is 6.07 Å². The zero-order chi connectivity index (χ0) is 12.3. The topological polar surface area (TPSA) is 61.1 Å². The fraction of sp³-hybridized carbons (Fsp3) is 0.200. The van der Waals surface area contributed by atoms with Crippen LogP contribution in [0.25, 0.3) is 0 Å². The van der Waals surface area contributed by atoms with E-state index < -0.39 is 23.5 Å². The smallest absolute Gasteiger partial charge is 0.336 e. The average molecular weight is 246 g/mol. The van der Waals surface area contributed by atoms with E-state index in [1.165, 1.54) is 6.07 Å². The lowest BCUT2D eigenvalue weighted by Gasteiger charge is -2.10. The summed E-state index contributed by atoms with van der Waals surface area (Å²) >= 11 is 5.48. The Labute approximate surface area is 94.9 Å². The van der Waals surface area contributed by atoms with Gasteiger partial charge >= 0.3 is 5.97 Å². The number of nitrogens with zero attached hydrogens (tertiary/aromatic N) is 1. The highest BCUT2D eigenvalue weighted by Gasteiger charge is 2.23. The largest absolute Gasteiger partial charge is 0.478 e. The summed E-state index contributed by atoms with van der Waals surface area (Å²) in [4.78, 5) is 10.7. The summed E-state index contributed by atoms with van der Waals surface area (Å²) in [6.45, 7) is 0. The molecule has 0 saturated carbocycles. The molecule has 0 aliphatic heterocycles. The molecule has 84 valence electrons. The molecule has 0 spiro atoms. The Balaban J connectivity index is 3.58. The van der Waals surface area contributed by atoms with Gasteiger partial charge < -0.3 is 5.11 Å². The number of aromatic carboxylic acids is 1. The number of rotatable bonds is 3. The molecule has 0 aliphatic rings. The van der Waals surface area contributed by atoms with Crippen molar-refractivity contribution in [3.63, 3.8) is 0 Å². The van der Waals surface area contributed by atoms with E-state index in [-0.39, 0.29) is 17.0 Å². The Kier molecular flexibility index (Phi) is 3.80. The number of carbonyl (C=O) groups is 1. The molecule has 1 aromatic carbocycles. The minimum Gasteiger partial charge on any atom is -0.478 e. The van der Waals surface area contributed by atoms with Crippen molar-refractivity contribution >= 4 is 17.6 Å². The van der Waals surface area contributed by atoms with Crippen LogP contribution in [0.2, 0.25) is 0 Å². The second-order valence-corrected chi connectivity index (χ2v) is 3.18. The van der Waals surface area contributed by atoms with Crippen molar-refractivity contribution in [3.8, 4) is 6.07 Å². The third kappa shape index (κ3) is 2.12. The quantitative estimate of drug-likeness (QED) is 0.833. The minimum absolute atomic E-state index is 0.123. The van der Waals surface area contributed by atoms with Gasteiger partial charge in [-0.2, -0.15) is 5.26 Å². The molecule has 0 amide bonds. The van der Waals surface area contributed by atoms with Gasteiger partial charge in [-0.25, -0.2) is 13.6 Å². The first-order valence-electron chi connectivity index (χ1n) is 4.16. The van der Waals surface area contributed by atoms with Gasteiger partial charge in [-0.3, -0.25) is 0 Å². The molecule has 1 N–H and O–H groups in total. The molecule has 0 saturated heterocycles. The molecule has 6 heteroatoms. The maximum absolute atomic E-state index is 12.7. The second-order valence-electron chi connectivity index (χ2n) is 2.91. The van der Waals surface area contributed by atoms with Crippen LogP contribution in [0.4, 0.5) is 8.78 Å². The first-order chi connectivity index (χ1) is 7.52. The van der Waals surface area contributed by atoms with E-state index >= 15 is 0 Å². The molecule has 0 bridgehead atoms. The van der Waals surface area contributed by atoms with Gasteiger partial charge in [0, 0.05) is 5.88 Å². The maximum Gasteiger partial charge on any atom is 0.336 e. The molecule has 3 nitrogen and oxygen atoms in total. The molecule has 16 heavy (non-hydrogen) atoms. The van der Waals surface area contributed by atoms with Crippen molar-refractivity contribution < 1.29 is 18.7 Å². The number of nitriles is 1. The molecular formula is C10H6ClF2NO2. The van der Waals surface area contributed by atoms with Gasteiger partial charge in [-0.05, 0) is 11.6 Å². The standard InChI is InChI=1S/C10H6ClF2NO2/c11-3-5-1-2-6(10(15)16)8(9(12)13)7(5)4-14/h1-2,9H,3H2,(H,15,16). The number of hydrogen-bond donors (Lipinski definition) is 1. The van der Waals surface area contributed by atoms with Crippen molar-refractivity contribution in [2.24, 2.45) is 0 Å². The predicted molar refractivity (Wildman–Crippen MR) is 52.6 cm³/mol. The summed E-state index contributed by atoms with van der Waals surface area (Å²) in [5.41, 5.74) is -1.50. The molecule has 0 unspecified atom stereocenters. The first kappa shape index (κ1) is 12.4. The summed E-state index contributed by atoms with van der Waals surface area (Å²) in [6.07, 6.45) is -3.02. The average Bonchev–Trinajstić information content (AvgIpc) is 2.26. The fourth-order valence-corrected chi connectivity index (χ4v) is 1.54. The van der Waals surface area contributed by atoms with Crippen LogP contribution in [0.3, 0.4) is 0 Å². The van der Waals surface area contributed by atoms with Crippen LogP contribution < -0.4 is 0 Å². The van der Waals surface area contributed by atoms with Gasteiger partial charge in [0.25, 0.3) is 6.43 Å². The van der Waals surface area contributed by atoms with E-state index in [0.29, 0.717) is 0 Å². The third-order valence-electron chi connectivity index (χ3n) is 2.04. The van der Waals surface area contributed by atoms with Crippen LogP contribution in [-0.2, 0) is 5.88 Å². The third-order valence-corrected chi connectivity index (χ3v) is 2.32. The number of carboxylic acid groups (broad SMARTS) is 1. The monoisotopic (exact) mass is 245 g/mol. The van der Waals surface area contributed by atoms with Gasteiger partial charge in [0.2, 0.25) is 0 Å². The maximum atomic E-state index is 12.7. The zero-order valence-corrected chi connectivity index (χ0v) is 8.63. The summed E-state index contributed by atoms with van der Waals surface area (Å²) in [7, 11) is 0. The summed E-state index contributed by atoms with van der Waals surface area (Å²) in [6, 6.07) is 3.86. The van der Waals surface area contributed by atoms with Crippen LogP contribution in [-0.4, -0.2) is 11.1 Å². The van der Waals surface area contributed by atoms with E-state index in [9.17, 15) is 13.6 Å². The van der Waals surface area contributed by atoms with Crippen LogP contribution in [0.5, 0.6) is 0 Å². The lowest BCUT2D eigenvalue weighted by atomic mass is 9.97. The van der Waals surface area contributed by atoms with Crippen LogP contribution in [0, 0.1) is 11.3 Å². The molecule has 0 aliphatic carbocycles. The van der Waals surface area contributed by atoms with E-state index in [1.807, 2.05) is 0 Å². The predicted octanol–water partition coefficient (Wildman–Crippen LogP) is 2.93. The number of alkyl halides is 3. The van der Waals surface area contributed by atoms with Gasteiger partial charge in [0.05, 0.1) is 22.8 Å². The van der Waals surface area contributed by atoms with Crippen molar-refractivity contribution in [2.45, 2.75) is 12.3 Å². The number of carboxylic acids is 1. The van der Waals surface area contributed by atoms with Gasteiger partial charge in [-0.1, -0.05) is 6.07 Å². The summed E-state index contributed by atoms with van der Waals surface area (Å²) in [5.74, 6) is -1.62. The van der Waals surface area contributed by atoms with E-state index in [4.69, 9.17) is 22.0 Å². The SMILES string of the molecule is N#Cc1c(CCl)ccc(C(=O)O)c1C(F)F. The second kappa shape index (κ2) is 4.90. The molecule has 1 aromatic rings. The molecule has 0 aromatic heterocycles. The van der Waals surface area contributed by atoms with Crippen LogP contribution in [0.1, 0.15) is 33.5 Å². The van der Waals surface area contributed by atoms with E-state index in [0.717, 1.165) is 6.07 Å². The van der Waals surface area contributed by atoms with Gasteiger partial charge in [0.1, 0.15) is 0 Å².